The Labute approximate surface area is 147 Å². The smallest absolute Gasteiger partial charge is 0.213 e. The largest absolute Gasteiger partial charge is 0.303 e. The molecule has 3 heteroatoms. The average molecular weight is 329 g/mol. The number of pyridine rings is 1. The molecular weight excluding hydrogens is 294 g/mol. The lowest BCUT2D eigenvalue weighted by Gasteiger charge is -2.41. The van der Waals surface area contributed by atoms with Crippen molar-refractivity contribution >= 4 is 0 Å². The zero-order valence-electron chi connectivity index (χ0n) is 15.1. The predicted octanol–water partition coefficient (Wildman–Crippen LogP) is 3.51. The summed E-state index contributed by atoms with van der Waals surface area (Å²) in [7, 11) is 0. The highest BCUT2D eigenvalue weighted by Gasteiger charge is 2.30. The number of rotatable bonds is 6. The summed E-state index contributed by atoms with van der Waals surface area (Å²) < 4.78 is 2.21. The second-order valence-corrected chi connectivity index (χ2v) is 8.34. The Kier molecular flexibility index (Phi) is 5.37. The van der Waals surface area contributed by atoms with Crippen molar-refractivity contribution < 1.29 is 4.68 Å². The first-order chi connectivity index (χ1) is 11.9. The molecule has 0 spiro atoms. The number of aromatic nitrogens is 1. The van der Waals surface area contributed by atoms with Crippen molar-refractivity contribution in [3.05, 3.63) is 30.1 Å². The molecule has 0 bridgehead atoms. The van der Waals surface area contributed by atoms with Gasteiger partial charge in [0.2, 0.25) is 5.69 Å². The lowest BCUT2D eigenvalue weighted by Crippen LogP contribution is -2.44. The molecule has 1 saturated heterocycles. The van der Waals surface area contributed by atoms with Gasteiger partial charge >= 0.3 is 0 Å². The van der Waals surface area contributed by atoms with Crippen LogP contribution in [0, 0.1) is 11.8 Å². The Morgan fingerprint density at radius 2 is 1.96 bits per heavy atom. The Balaban J connectivity index is 1.10. The third-order valence-electron chi connectivity index (χ3n) is 6.62. The molecule has 0 amide bonds. The molecule has 0 aromatic carbocycles. The second kappa shape index (κ2) is 7.86. The number of nitrogens with one attached hydrogen (secondary N) is 1. The van der Waals surface area contributed by atoms with E-state index < -0.39 is 0 Å². The summed E-state index contributed by atoms with van der Waals surface area (Å²) in [5, 5.41) is 0. The Hall–Kier alpha value is -1.09. The van der Waals surface area contributed by atoms with Crippen LogP contribution in [-0.4, -0.2) is 30.6 Å². The van der Waals surface area contributed by atoms with Crippen LogP contribution in [0.15, 0.2) is 24.4 Å². The maximum atomic E-state index is 3.61. The highest BCUT2D eigenvalue weighted by Crippen LogP contribution is 2.36. The quantitative estimate of drug-likeness (QED) is 0.636. The number of likely N-dealkylation sites (tertiary alicyclic amines) is 1. The van der Waals surface area contributed by atoms with Crippen LogP contribution >= 0.6 is 0 Å². The topological polar surface area (TPSA) is 19.1 Å². The van der Waals surface area contributed by atoms with E-state index in [2.05, 4.69) is 39.4 Å². The zero-order valence-corrected chi connectivity index (χ0v) is 15.1. The van der Waals surface area contributed by atoms with Crippen molar-refractivity contribution in [1.29, 1.82) is 0 Å². The first-order valence-corrected chi connectivity index (χ1v) is 10.4. The van der Waals surface area contributed by atoms with Crippen molar-refractivity contribution in [2.24, 2.45) is 11.8 Å². The van der Waals surface area contributed by atoms with E-state index in [4.69, 9.17) is 0 Å². The molecule has 3 atom stereocenters. The lowest BCUT2D eigenvalue weighted by molar-refractivity contribution is -0.648. The predicted molar refractivity (Wildman–Crippen MR) is 98.5 cm³/mol. The van der Waals surface area contributed by atoms with Gasteiger partial charge in [0.05, 0.1) is 12.5 Å². The van der Waals surface area contributed by atoms with E-state index in [9.17, 15) is 0 Å². The van der Waals surface area contributed by atoms with E-state index in [0.717, 1.165) is 11.8 Å². The number of piperidine rings is 1. The van der Waals surface area contributed by atoms with Gasteiger partial charge in [-0.05, 0) is 56.7 Å². The van der Waals surface area contributed by atoms with Gasteiger partial charge in [-0.15, -0.1) is 0 Å². The fraction of sp³-hybridized carbons (Fsp3) is 0.762. The van der Waals surface area contributed by atoms with E-state index in [1.54, 1.807) is 0 Å². The van der Waals surface area contributed by atoms with Gasteiger partial charge in [-0.1, -0.05) is 36.8 Å². The molecule has 24 heavy (non-hydrogen) atoms. The van der Waals surface area contributed by atoms with Gasteiger partial charge in [0.15, 0.2) is 6.20 Å². The zero-order chi connectivity index (χ0) is 16.2. The molecular formula is C21H34N3+. The summed E-state index contributed by atoms with van der Waals surface area (Å²) in [4.78, 5) is 2.77. The Morgan fingerprint density at radius 1 is 1.04 bits per heavy atom. The molecule has 1 aromatic rings. The van der Waals surface area contributed by atoms with Crippen LogP contribution < -0.4 is 10.1 Å². The fourth-order valence-electron chi connectivity index (χ4n) is 5.21. The molecule has 2 fully saturated rings. The maximum Gasteiger partial charge on any atom is 0.213 e. The summed E-state index contributed by atoms with van der Waals surface area (Å²) >= 11 is 0. The molecule has 2 aliphatic heterocycles. The standard InChI is InChI=1S/C21H34N3/c1(2-10-20-16-21-11-5-7-14-24(21)22-20)6-13-23-15-12-18-8-3-4-9-19(18)17-23/h5,7,11,14,18-20,22H,1-4,6,8-10,12-13,15-17H2/q+1. The van der Waals surface area contributed by atoms with Crippen molar-refractivity contribution in [2.75, 3.05) is 25.1 Å². The highest BCUT2D eigenvalue weighted by atomic mass is 15.4. The molecule has 3 nitrogen and oxygen atoms in total. The first-order valence-electron chi connectivity index (χ1n) is 10.4. The average Bonchev–Trinajstić information content (AvgIpc) is 3.04. The van der Waals surface area contributed by atoms with Gasteiger partial charge in [-0.25, -0.2) is 0 Å². The number of unbranched alkanes of at least 4 members (excludes halogenated alkanes) is 2. The summed E-state index contributed by atoms with van der Waals surface area (Å²) in [6, 6.07) is 7.13. The number of hydrogen-bond acceptors (Lipinski definition) is 2. The molecule has 3 heterocycles. The van der Waals surface area contributed by atoms with Gasteiger partial charge in [0, 0.05) is 18.7 Å². The number of nitrogens with zero attached hydrogens (tertiary/aromatic N) is 2. The van der Waals surface area contributed by atoms with E-state index >= 15 is 0 Å². The van der Waals surface area contributed by atoms with Crippen LogP contribution in [0.2, 0.25) is 0 Å². The molecule has 1 N–H and O–H groups in total. The van der Waals surface area contributed by atoms with Crippen LogP contribution in [0.4, 0.5) is 0 Å². The van der Waals surface area contributed by atoms with Crippen molar-refractivity contribution in [2.45, 2.75) is 70.3 Å². The fourth-order valence-corrected chi connectivity index (χ4v) is 5.21. The molecule has 1 saturated carbocycles. The van der Waals surface area contributed by atoms with Crippen LogP contribution in [0.1, 0.15) is 63.5 Å². The van der Waals surface area contributed by atoms with Crippen molar-refractivity contribution in [3.63, 3.8) is 0 Å². The molecule has 3 aliphatic rings. The summed E-state index contributed by atoms with van der Waals surface area (Å²) in [6.45, 7) is 4.12. The third kappa shape index (κ3) is 3.93. The summed E-state index contributed by atoms with van der Waals surface area (Å²) in [5.41, 5.74) is 5.04. The van der Waals surface area contributed by atoms with Gasteiger partial charge in [0.1, 0.15) is 0 Å². The second-order valence-electron chi connectivity index (χ2n) is 8.34. The van der Waals surface area contributed by atoms with Gasteiger partial charge in [0.25, 0.3) is 0 Å². The van der Waals surface area contributed by atoms with Crippen molar-refractivity contribution in [1.82, 2.24) is 4.90 Å². The molecule has 1 aliphatic carbocycles. The summed E-state index contributed by atoms with van der Waals surface area (Å²) in [6.07, 6.45) is 16.3. The normalized spacial score (nSPS) is 29.8. The van der Waals surface area contributed by atoms with E-state index in [-0.39, 0.29) is 0 Å². The number of hydrogen-bond donors (Lipinski definition) is 1. The van der Waals surface area contributed by atoms with Crippen LogP contribution in [0.25, 0.3) is 0 Å². The Morgan fingerprint density at radius 3 is 2.88 bits per heavy atom. The molecule has 132 valence electrons. The van der Waals surface area contributed by atoms with E-state index in [0.29, 0.717) is 6.04 Å². The molecule has 3 unspecified atom stereocenters. The van der Waals surface area contributed by atoms with Gasteiger partial charge in [-0.2, -0.15) is 5.43 Å². The maximum absolute atomic E-state index is 3.61. The minimum absolute atomic E-state index is 0.644. The molecule has 4 rings (SSSR count). The van der Waals surface area contributed by atoms with E-state index in [1.807, 2.05) is 0 Å². The lowest BCUT2D eigenvalue weighted by atomic mass is 9.75. The molecule has 1 aromatic heterocycles. The Bertz CT molecular complexity index is 505. The van der Waals surface area contributed by atoms with E-state index in [1.165, 1.54) is 89.5 Å². The van der Waals surface area contributed by atoms with Crippen LogP contribution in [0.3, 0.4) is 0 Å². The monoisotopic (exact) mass is 328 g/mol. The SMILES string of the molecule is c1cc[n+]2c(c1)CC(CCCCCN1CCC3CCCCC3C1)N2. The first kappa shape index (κ1) is 16.4. The van der Waals surface area contributed by atoms with Gasteiger partial charge in [-0.3, -0.25) is 0 Å². The minimum Gasteiger partial charge on any atom is -0.303 e. The van der Waals surface area contributed by atoms with Crippen LogP contribution in [0.5, 0.6) is 0 Å². The van der Waals surface area contributed by atoms with Crippen molar-refractivity contribution in [3.8, 4) is 0 Å². The van der Waals surface area contributed by atoms with Gasteiger partial charge < -0.3 is 4.90 Å². The van der Waals surface area contributed by atoms with Crippen LogP contribution in [-0.2, 0) is 6.42 Å². The minimum atomic E-state index is 0.644. The third-order valence-corrected chi connectivity index (χ3v) is 6.62. The summed E-state index contributed by atoms with van der Waals surface area (Å²) in [5.74, 6) is 2.10. The molecule has 0 radical (unpaired) electrons. The highest BCUT2D eigenvalue weighted by molar-refractivity contribution is 5.04. The number of fused-ring (bicyclic) bond motifs is 2.